The zero-order valence-corrected chi connectivity index (χ0v) is 11.8. The van der Waals surface area contributed by atoms with Gasteiger partial charge in [-0.05, 0) is 37.0 Å². The van der Waals surface area contributed by atoms with Crippen molar-refractivity contribution in [2.24, 2.45) is 11.1 Å². The molecule has 1 aromatic rings. The van der Waals surface area contributed by atoms with Gasteiger partial charge in [-0.1, -0.05) is 26.0 Å². The van der Waals surface area contributed by atoms with Crippen molar-refractivity contribution in [2.45, 2.75) is 39.7 Å². The number of benzene rings is 1. The molecule has 1 unspecified atom stereocenters. The molecule has 0 radical (unpaired) electrons. The lowest BCUT2D eigenvalue weighted by Gasteiger charge is -2.25. The molecule has 0 saturated carbocycles. The summed E-state index contributed by atoms with van der Waals surface area (Å²) in [6, 6.07) is 7.88. The summed E-state index contributed by atoms with van der Waals surface area (Å²) in [5.41, 5.74) is 7.70. The predicted molar refractivity (Wildman–Crippen MR) is 73.4 cm³/mol. The Morgan fingerprint density at radius 2 is 1.94 bits per heavy atom. The Morgan fingerprint density at radius 3 is 2.39 bits per heavy atom. The largest absolute Gasteiger partial charge is 0.496 e. The summed E-state index contributed by atoms with van der Waals surface area (Å²) in [4.78, 5) is 0. The summed E-state index contributed by atoms with van der Waals surface area (Å²) < 4.78 is 5.35. The predicted octanol–water partition coefficient (Wildman–Crippen LogP) is 3.37. The summed E-state index contributed by atoms with van der Waals surface area (Å²) in [6.07, 6.45) is 0. The Labute approximate surface area is 110 Å². The van der Waals surface area contributed by atoms with Crippen LogP contribution in [0, 0.1) is 16.7 Å². The first-order valence-electron chi connectivity index (χ1n) is 6.18. The van der Waals surface area contributed by atoms with E-state index in [2.05, 4.69) is 19.9 Å². The minimum Gasteiger partial charge on any atom is -0.496 e. The van der Waals surface area contributed by atoms with E-state index in [0.29, 0.717) is 5.92 Å². The smallest absolute Gasteiger partial charge is 0.122 e. The van der Waals surface area contributed by atoms with E-state index in [1.807, 2.05) is 32.0 Å². The van der Waals surface area contributed by atoms with Gasteiger partial charge in [0.25, 0.3) is 0 Å². The molecular formula is C15H22N2O. The molecule has 0 bridgehead atoms. The highest BCUT2D eigenvalue weighted by Crippen LogP contribution is 2.34. The summed E-state index contributed by atoms with van der Waals surface area (Å²) in [7, 11) is 1.67. The highest BCUT2D eigenvalue weighted by molar-refractivity contribution is 5.41. The maximum absolute atomic E-state index is 9.15. The van der Waals surface area contributed by atoms with Gasteiger partial charge in [-0.2, -0.15) is 5.26 Å². The van der Waals surface area contributed by atoms with Crippen molar-refractivity contribution in [1.29, 1.82) is 5.26 Å². The molecule has 0 aliphatic carbocycles. The molecule has 0 amide bonds. The van der Waals surface area contributed by atoms with Crippen LogP contribution in [0.4, 0.5) is 0 Å². The van der Waals surface area contributed by atoms with Crippen LogP contribution < -0.4 is 10.5 Å². The maximum atomic E-state index is 9.15. The minimum absolute atomic E-state index is 0.300. The van der Waals surface area contributed by atoms with Gasteiger partial charge in [-0.3, -0.25) is 0 Å². The van der Waals surface area contributed by atoms with Crippen LogP contribution >= 0.6 is 0 Å². The lowest BCUT2D eigenvalue weighted by atomic mass is 9.81. The van der Waals surface area contributed by atoms with Crippen molar-refractivity contribution in [1.82, 2.24) is 0 Å². The zero-order chi connectivity index (χ0) is 13.9. The summed E-state index contributed by atoms with van der Waals surface area (Å²) in [5, 5.41) is 9.15. The van der Waals surface area contributed by atoms with E-state index in [0.717, 1.165) is 16.9 Å². The molecule has 18 heavy (non-hydrogen) atoms. The highest BCUT2D eigenvalue weighted by atomic mass is 16.5. The van der Waals surface area contributed by atoms with Crippen LogP contribution in [0.15, 0.2) is 18.2 Å². The van der Waals surface area contributed by atoms with Gasteiger partial charge >= 0.3 is 0 Å². The van der Waals surface area contributed by atoms with E-state index in [-0.39, 0.29) is 6.04 Å². The Bertz CT molecular complexity index is 458. The molecule has 0 spiro atoms. The van der Waals surface area contributed by atoms with Gasteiger partial charge in [0, 0.05) is 6.04 Å². The van der Waals surface area contributed by atoms with Crippen LogP contribution in [-0.4, -0.2) is 7.11 Å². The van der Waals surface area contributed by atoms with Gasteiger partial charge in [0.05, 0.1) is 18.6 Å². The third-order valence-electron chi connectivity index (χ3n) is 3.30. The van der Waals surface area contributed by atoms with Crippen LogP contribution in [0.2, 0.25) is 0 Å². The molecule has 0 aliphatic rings. The third kappa shape index (κ3) is 2.83. The van der Waals surface area contributed by atoms with Crippen molar-refractivity contribution in [3.8, 4) is 11.8 Å². The van der Waals surface area contributed by atoms with Crippen molar-refractivity contribution in [3.63, 3.8) is 0 Å². The van der Waals surface area contributed by atoms with Gasteiger partial charge in [-0.15, -0.1) is 0 Å². The second-order valence-corrected chi connectivity index (χ2v) is 5.47. The van der Waals surface area contributed by atoms with Crippen LogP contribution in [-0.2, 0) is 0 Å². The quantitative estimate of drug-likeness (QED) is 0.886. The fourth-order valence-electron chi connectivity index (χ4n) is 1.88. The van der Waals surface area contributed by atoms with Gasteiger partial charge < -0.3 is 10.5 Å². The molecule has 0 heterocycles. The first-order chi connectivity index (χ1) is 8.33. The average molecular weight is 246 g/mol. The van der Waals surface area contributed by atoms with Crippen molar-refractivity contribution in [3.05, 3.63) is 29.3 Å². The van der Waals surface area contributed by atoms with Crippen LogP contribution in [0.25, 0.3) is 0 Å². The van der Waals surface area contributed by atoms with Crippen LogP contribution in [0.1, 0.15) is 50.8 Å². The van der Waals surface area contributed by atoms with E-state index in [1.165, 1.54) is 0 Å². The van der Waals surface area contributed by atoms with E-state index in [9.17, 15) is 0 Å². The van der Waals surface area contributed by atoms with Gasteiger partial charge in [0.15, 0.2) is 0 Å². The highest BCUT2D eigenvalue weighted by Gasteiger charge is 2.28. The van der Waals surface area contributed by atoms with Gasteiger partial charge in [0.1, 0.15) is 5.75 Å². The first-order valence-corrected chi connectivity index (χ1v) is 6.18. The molecule has 1 aromatic carbocycles. The first kappa shape index (κ1) is 14.5. The Kier molecular flexibility index (Phi) is 4.37. The third-order valence-corrected chi connectivity index (χ3v) is 3.30. The van der Waals surface area contributed by atoms with Crippen molar-refractivity contribution < 1.29 is 4.74 Å². The molecule has 0 aromatic heterocycles. The number of rotatable bonds is 4. The summed E-state index contributed by atoms with van der Waals surface area (Å²) in [6.45, 7) is 7.94. The lowest BCUT2D eigenvalue weighted by molar-refractivity contribution is 0.389. The van der Waals surface area contributed by atoms with E-state index < -0.39 is 5.41 Å². The second-order valence-electron chi connectivity index (χ2n) is 5.47. The second kappa shape index (κ2) is 5.41. The fraction of sp³-hybridized carbons (Fsp3) is 0.533. The molecule has 2 N–H and O–H groups in total. The average Bonchev–Trinajstić information content (AvgIpc) is 2.36. The number of ether oxygens (including phenoxy) is 1. The Hall–Kier alpha value is -1.53. The molecule has 0 fully saturated rings. The van der Waals surface area contributed by atoms with E-state index in [4.69, 9.17) is 15.7 Å². The molecule has 98 valence electrons. The molecule has 0 aliphatic heterocycles. The standard InChI is InChI=1S/C15H22N2O/c1-10(2)12-8-11(6-7-13(12)18-5)14(17)15(3,4)9-16/h6-8,10,14H,17H2,1-5H3. The zero-order valence-electron chi connectivity index (χ0n) is 11.8. The number of hydrogen-bond acceptors (Lipinski definition) is 3. The molecule has 1 rings (SSSR count). The number of hydrogen-bond donors (Lipinski definition) is 1. The van der Waals surface area contributed by atoms with Gasteiger partial charge in [-0.25, -0.2) is 0 Å². The number of nitriles is 1. The monoisotopic (exact) mass is 246 g/mol. The minimum atomic E-state index is -0.581. The normalized spacial score (nSPS) is 13.2. The van der Waals surface area contributed by atoms with E-state index >= 15 is 0 Å². The molecule has 1 atom stereocenters. The van der Waals surface area contributed by atoms with Crippen molar-refractivity contribution >= 4 is 0 Å². The Balaban J connectivity index is 3.21. The fourth-order valence-corrected chi connectivity index (χ4v) is 1.88. The maximum Gasteiger partial charge on any atom is 0.122 e. The van der Waals surface area contributed by atoms with Crippen LogP contribution in [0.3, 0.4) is 0 Å². The van der Waals surface area contributed by atoms with E-state index in [1.54, 1.807) is 7.11 Å². The number of nitrogens with two attached hydrogens (primary N) is 1. The van der Waals surface area contributed by atoms with Crippen molar-refractivity contribution in [2.75, 3.05) is 7.11 Å². The number of nitrogens with zero attached hydrogens (tertiary/aromatic N) is 1. The number of methoxy groups -OCH3 is 1. The Morgan fingerprint density at radius 1 is 1.33 bits per heavy atom. The molecular weight excluding hydrogens is 224 g/mol. The topological polar surface area (TPSA) is 59.0 Å². The SMILES string of the molecule is COc1ccc(C(N)C(C)(C)C#N)cc1C(C)C. The lowest BCUT2D eigenvalue weighted by Crippen LogP contribution is -2.27. The van der Waals surface area contributed by atoms with Gasteiger partial charge in [0.2, 0.25) is 0 Å². The summed E-state index contributed by atoms with van der Waals surface area (Å²) >= 11 is 0. The molecule has 3 heteroatoms. The van der Waals surface area contributed by atoms with Crippen LogP contribution in [0.5, 0.6) is 5.75 Å². The summed E-state index contributed by atoms with van der Waals surface area (Å²) in [5.74, 6) is 1.23. The molecule has 0 saturated heterocycles. The molecule has 3 nitrogen and oxygen atoms in total.